The first-order chi connectivity index (χ1) is 8.91. The lowest BCUT2D eigenvalue weighted by molar-refractivity contribution is 0.218. The van der Waals surface area contributed by atoms with Gasteiger partial charge in [0.25, 0.3) is 0 Å². The number of hydrogen-bond acceptors (Lipinski definition) is 5. The van der Waals surface area contributed by atoms with Crippen molar-refractivity contribution >= 4 is 9.84 Å². The van der Waals surface area contributed by atoms with Crippen molar-refractivity contribution in [1.29, 1.82) is 0 Å². The first kappa shape index (κ1) is 14.1. The van der Waals surface area contributed by atoms with Gasteiger partial charge in [-0.05, 0) is 31.0 Å². The average Bonchev–Trinajstić information content (AvgIpc) is 2.69. The summed E-state index contributed by atoms with van der Waals surface area (Å²) in [7, 11) is -1.39. The van der Waals surface area contributed by atoms with Gasteiger partial charge in [0.15, 0.2) is 21.3 Å². The van der Waals surface area contributed by atoms with E-state index >= 15 is 0 Å². The Morgan fingerprint density at radius 2 is 2.11 bits per heavy atom. The van der Waals surface area contributed by atoms with Crippen LogP contribution in [0.3, 0.4) is 0 Å². The molecule has 1 aromatic carbocycles. The van der Waals surface area contributed by atoms with Crippen LogP contribution in [0.15, 0.2) is 18.2 Å². The smallest absolute Gasteiger partial charge is 0.161 e. The summed E-state index contributed by atoms with van der Waals surface area (Å²) in [6.45, 7) is 1.89. The van der Waals surface area contributed by atoms with E-state index in [4.69, 9.17) is 15.2 Å². The molecular weight excluding hydrogens is 266 g/mol. The summed E-state index contributed by atoms with van der Waals surface area (Å²) in [6, 6.07) is 5.38. The van der Waals surface area contributed by atoms with Crippen LogP contribution < -0.4 is 15.2 Å². The summed E-state index contributed by atoms with van der Waals surface area (Å²) in [5.74, 6) is 1.41. The molecule has 19 heavy (non-hydrogen) atoms. The molecule has 2 unspecified atom stereocenters. The fourth-order valence-corrected chi connectivity index (χ4v) is 3.69. The Morgan fingerprint density at radius 3 is 2.63 bits per heavy atom. The van der Waals surface area contributed by atoms with Crippen LogP contribution in [0.5, 0.6) is 11.5 Å². The molecule has 1 aliphatic heterocycles. The van der Waals surface area contributed by atoms with E-state index in [9.17, 15) is 8.42 Å². The number of benzene rings is 1. The summed E-state index contributed by atoms with van der Waals surface area (Å²) in [6.07, 6.45) is 0.237. The highest BCUT2D eigenvalue weighted by atomic mass is 32.2. The number of sulfone groups is 1. The Labute approximate surface area is 113 Å². The van der Waals surface area contributed by atoms with Crippen molar-refractivity contribution in [2.75, 3.05) is 18.6 Å². The van der Waals surface area contributed by atoms with Crippen molar-refractivity contribution in [2.24, 2.45) is 5.73 Å². The third kappa shape index (κ3) is 3.39. The van der Waals surface area contributed by atoms with Gasteiger partial charge in [-0.25, -0.2) is 8.42 Å². The molecule has 0 spiro atoms. The van der Waals surface area contributed by atoms with E-state index in [1.807, 2.05) is 19.1 Å². The number of nitrogens with two attached hydrogens (primary N) is 1. The fraction of sp³-hybridized carbons (Fsp3) is 0.538. The number of methoxy groups -OCH3 is 1. The van der Waals surface area contributed by atoms with Crippen molar-refractivity contribution in [3.63, 3.8) is 0 Å². The summed E-state index contributed by atoms with van der Waals surface area (Å²) in [5.41, 5.74) is 6.76. The van der Waals surface area contributed by atoms with E-state index < -0.39 is 9.84 Å². The largest absolute Gasteiger partial charge is 0.493 e. The minimum absolute atomic E-state index is 0.0746. The molecule has 5 nitrogen and oxygen atoms in total. The number of ether oxygens (including phenoxy) is 2. The lowest BCUT2D eigenvalue weighted by Crippen LogP contribution is -2.18. The fourth-order valence-electron chi connectivity index (χ4n) is 2.10. The van der Waals surface area contributed by atoms with Crippen LogP contribution in [0, 0.1) is 0 Å². The quantitative estimate of drug-likeness (QED) is 0.901. The standard InChI is InChI=1S/C13H19NO4S/c1-9(14)10-3-4-12(13(7-10)17-2)18-11-5-6-19(15,16)8-11/h3-4,7,9,11H,5-6,8,14H2,1-2H3. The molecule has 0 radical (unpaired) electrons. The van der Waals surface area contributed by atoms with Crippen LogP contribution >= 0.6 is 0 Å². The highest BCUT2D eigenvalue weighted by Crippen LogP contribution is 2.32. The lowest BCUT2D eigenvalue weighted by Gasteiger charge is -2.16. The molecule has 2 atom stereocenters. The molecule has 1 aliphatic rings. The molecule has 0 bridgehead atoms. The van der Waals surface area contributed by atoms with Gasteiger partial charge in [0.1, 0.15) is 6.10 Å². The van der Waals surface area contributed by atoms with Crippen LogP contribution in [0.4, 0.5) is 0 Å². The molecule has 1 fully saturated rings. The summed E-state index contributed by atoms with van der Waals surface area (Å²) in [5, 5.41) is 0. The Balaban J connectivity index is 2.16. The zero-order valence-electron chi connectivity index (χ0n) is 11.1. The maximum absolute atomic E-state index is 11.4. The molecule has 0 saturated carbocycles. The molecule has 2 N–H and O–H groups in total. The molecule has 0 amide bonds. The maximum atomic E-state index is 11.4. The van der Waals surface area contributed by atoms with E-state index in [0.717, 1.165) is 5.56 Å². The van der Waals surface area contributed by atoms with E-state index in [1.54, 1.807) is 13.2 Å². The lowest BCUT2D eigenvalue weighted by atomic mass is 10.1. The van der Waals surface area contributed by atoms with Crippen molar-refractivity contribution in [1.82, 2.24) is 0 Å². The predicted octanol–water partition coefficient (Wildman–Crippen LogP) is 1.28. The first-order valence-electron chi connectivity index (χ1n) is 6.22. The van der Waals surface area contributed by atoms with Gasteiger partial charge >= 0.3 is 0 Å². The maximum Gasteiger partial charge on any atom is 0.161 e. The molecule has 106 valence electrons. The van der Waals surface area contributed by atoms with Gasteiger partial charge in [-0.3, -0.25) is 0 Å². The third-order valence-electron chi connectivity index (χ3n) is 3.20. The molecule has 6 heteroatoms. The summed E-state index contributed by atoms with van der Waals surface area (Å²) >= 11 is 0. The average molecular weight is 285 g/mol. The highest BCUT2D eigenvalue weighted by molar-refractivity contribution is 7.91. The third-order valence-corrected chi connectivity index (χ3v) is 4.94. The van der Waals surface area contributed by atoms with E-state index in [2.05, 4.69) is 0 Å². The van der Waals surface area contributed by atoms with Crippen LogP contribution in [0.25, 0.3) is 0 Å². The summed E-state index contributed by atoms with van der Waals surface area (Å²) < 4.78 is 33.8. The van der Waals surface area contributed by atoms with E-state index in [1.165, 1.54) is 0 Å². The van der Waals surface area contributed by atoms with Crippen LogP contribution in [0.2, 0.25) is 0 Å². The first-order valence-corrected chi connectivity index (χ1v) is 8.04. The normalized spacial score (nSPS) is 23.0. The molecular formula is C13H19NO4S. The second kappa shape index (κ2) is 5.38. The van der Waals surface area contributed by atoms with Gasteiger partial charge in [0.2, 0.25) is 0 Å². The Bertz CT molecular complexity index is 554. The SMILES string of the molecule is COc1cc(C(C)N)ccc1OC1CCS(=O)(=O)C1. The Morgan fingerprint density at radius 1 is 1.37 bits per heavy atom. The van der Waals surface area contributed by atoms with Crippen LogP contribution in [0.1, 0.15) is 24.9 Å². The van der Waals surface area contributed by atoms with Gasteiger partial charge in [-0.15, -0.1) is 0 Å². The number of rotatable bonds is 4. The van der Waals surface area contributed by atoms with Gasteiger partial charge in [0.05, 0.1) is 18.6 Å². The van der Waals surface area contributed by atoms with E-state index in [-0.39, 0.29) is 23.7 Å². The van der Waals surface area contributed by atoms with Gasteiger partial charge in [-0.1, -0.05) is 6.07 Å². The minimum atomic E-state index is -2.94. The predicted molar refractivity (Wildman–Crippen MR) is 73.3 cm³/mol. The van der Waals surface area contributed by atoms with Crippen molar-refractivity contribution in [2.45, 2.75) is 25.5 Å². The molecule has 0 aliphatic carbocycles. The second-order valence-corrected chi connectivity index (χ2v) is 7.07. The molecule has 1 saturated heterocycles. The van der Waals surface area contributed by atoms with E-state index in [0.29, 0.717) is 17.9 Å². The summed E-state index contributed by atoms with van der Waals surface area (Å²) in [4.78, 5) is 0. The highest BCUT2D eigenvalue weighted by Gasteiger charge is 2.30. The monoisotopic (exact) mass is 285 g/mol. The molecule has 1 aromatic rings. The zero-order valence-corrected chi connectivity index (χ0v) is 11.9. The van der Waals surface area contributed by atoms with Crippen molar-refractivity contribution in [3.8, 4) is 11.5 Å². The van der Waals surface area contributed by atoms with Gasteiger partial charge < -0.3 is 15.2 Å². The Hall–Kier alpha value is -1.27. The topological polar surface area (TPSA) is 78.6 Å². The Kier molecular flexibility index (Phi) is 4.01. The van der Waals surface area contributed by atoms with Gasteiger partial charge in [0, 0.05) is 6.04 Å². The molecule has 2 rings (SSSR count). The zero-order chi connectivity index (χ0) is 14.0. The minimum Gasteiger partial charge on any atom is -0.493 e. The van der Waals surface area contributed by atoms with Crippen LogP contribution in [-0.2, 0) is 9.84 Å². The van der Waals surface area contributed by atoms with Crippen LogP contribution in [-0.4, -0.2) is 33.1 Å². The molecule has 1 heterocycles. The van der Waals surface area contributed by atoms with Crippen molar-refractivity contribution < 1.29 is 17.9 Å². The van der Waals surface area contributed by atoms with Gasteiger partial charge in [-0.2, -0.15) is 0 Å². The van der Waals surface area contributed by atoms with Crippen molar-refractivity contribution in [3.05, 3.63) is 23.8 Å². The number of hydrogen-bond donors (Lipinski definition) is 1. The second-order valence-electron chi connectivity index (χ2n) is 4.84. The molecule has 0 aromatic heterocycles.